The van der Waals surface area contributed by atoms with Crippen LogP contribution in [0.4, 0.5) is 0 Å². The van der Waals surface area contributed by atoms with Gasteiger partial charge >= 0.3 is 6.48 Å². The average molecular weight is 280 g/mol. The lowest BCUT2D eigenvalue weighted by molar-refractivity contribution is -0.0394. The fourth-order valence-corrected chi connectivity index (χ4v) is 2.81. The van der Waals surface area contributed by atoms with Crippen molar-refractivity contribution in [1.29, 1.82) is 0 Å². The van der Waals surface area contributed by atoms with Crippen molar-refractivity contribution in [1.82, 2.24) is 0 Å². The third-order valence-corrected chi connectivity index (χ3v) is 3.51. The first-order valence-corrected chi connectivity index (χ1v) is 15.9. The second kappa shape index (κ2) is 5.45. The first-order chi connectivity index (χ1) is 6.79. The van der Waals surface area contributed by atoms with Crippen molar-refractivity contribution >= 4 is 25.0 Å². The van der Waals surface area contributed by atoms with E-state index in [2.05, 4.69) is 58.9 Å². The molecule has 0 aliphatic rings. The number of rotatable bonds is 6. The van der Waals surface area contributed by atoms with E-state index in [0.29, 0.717) is 6.48 Å². The van der Waals surface area contributed by atoms with Gasteiger partial charge in [-0.25, -0.2) is 0 Å². The van der Waals surface area contributed by atoms with Gasteiger partial charge < -0.3 is 13.3 Å². The Morgan fingerprint density at radius 3 is 0.812 bits per heavy atom. The van der Waals surface area contributed by atoms with Crippen LogP contribution in [0.1, 0.15) is 0 Å². The zero-order chi connectivity index (χ0) is 13.2. The summed E-state index contributed by atoms with van der Waals surface area (Å²) in [6, 6.07) is 0. The SMILES string of the molecule is C[Si](C)(C)O[C](O[Si](C)(C)C)O[Si](C)(C)C. The van der Waals surface area contributed by atoms with Crippen molar-refractivity contribution in [3.05, 3.63) is 6.48 Å². The van der Waals surface area contributed by atoms with E-state index in [1.165, 1.54) is 0 Å². The van der Waals surface area contributed by atoms with Crippen molar-refractivity contribution in [2.75, 3.05) is 0 Å². The monoisotopic (exact) mass is 279 g/mol. The van der Waals surface area contributed by atoms with Gasteiger partial charge in [-0.15, -0.1) is 0 Å². The van der Waals surface area contributed by atoms with Gasteiger partial charge in [-0.3, -0.25) is 0 Å². The topological polar surface area (TPSA) is 27.7 Å². The Bertz CT molecular complexity index is 175. The molecule has 0 N–H and O–H groups in total. The first kappa shape index (κ1) is 16.5. The summed E-state index contributed by atoms with van der Waals surface area (Å²) in [5.74, 6) is 0. The highest BCUT2D eigenvalue weighted by Gasteiger charge is 2.33. The first-order valence-electron chi connectivity index (χ1n) is 5.72. The van der Waals surface area contributed by atoms with E-state index in [9.17, 15) is 0 Å². The van der Waals surface area contributed by atoms with Gasteiger partial charge in [0.25, 0.3) is 0 Å². The molecule has 16 heavy (non-hydrogen) atoms. The zero-order valence-corrected chi connectivity index (χ0v) is 15.2. The van der Waals surface area contributed by atoms with Gasteiger partial charge in [0, 0.05) is 0 Å². The molecule has 0 rings (SSSR count). The molecule has 6 heteroatoms. The van der Waals surface area contributed by atoms with E-state index in [0.717, 1.165) is 0 Å². The normalized spacial score (nSPS) is 14.6. The minimum atomic E-state index is -1.66. The minimum absolute atomic E-state index is 0.428. The Labute approximate surface area is 104 Å². The van der Waals surface area contributed by atoms with E-state index in [1.807, 2.05) is 0 Å². The molecule has 0 atom stereocenters. The molecule has 0 aliphatic carbocycles. The third kappa shape index (κ3) is 11.0. The van der Waals surface area contributed by atoms with Crippen molar-refractivity contribution in [2.24, 2.45) is 0 Å². The Balaban J connectivity index is 4.53. The number of hydrogen-bond acceptors (Lipinski definition) is 3. The summed E-state index contributed by atoms with van der Waals surface area (Å²) in [4.78, 5) is 0. The van der Waals surface area contributed by atoms with E-state index in [4.69, 9.17) is 13.3 Å². The molecule has 0 aromatic carbocycles. The second-order valence-electron chi connectivity index (χ2n) is 6.89. The quantitative estimate of drug-likeness (QED) is 0.688. The Morgan fingerprint density at radius 1 is 0.500 bits per heavy atom. The predicted octanol–water partition coefficient (Wildman–Crippen LogP) is 3.99. The molecule has 0 saturated carbocycles. The van der Waals surface area contributed by atoms with Gasteiger partial charge in [-0.1, -0.05) is 0 Å². The van der Waals surface area contributed by atoms with E-state index < -0.39 is 25.0 Å². The summed E-state index contributed by atoms with van der Waals surface area (Å²) in [6.07, 6.45) is 0. The molecule has 0 aromatic heterocycles. The molecule has 1 radical (unpaired) electrons. The van der Waals surface area contributed by atoms with Gasteiger partial charge in [-0.05, 0) is 58.9 Å². The maximum absolute atomic E-state index is 5.87. The van der Waals surface area contributed by atoms with Crippen LogP contribution < -0.4 is 0 Å². The van der Waals surface area contributed by atoms with Crippen LogP contribution in [0.5, 0.6) is 0 Å². The highest BCUT2D eigenvalue weighted by atomic mass is 28.4. The van der Waals surface area contributed by atoms with Crippen LogP contribution in [-0.2, 0) is 13.3 Å². The van der Waals surface area contributed by atoms with Crippen molar-refractivity contribution in [3.63, 3.8) is 0 Å². The summed E-state index contributed by atoms with van der Waals surface area (Å²) in [7, 11) is -4.99. The molecule has 0 fully saturated rings. The van der Waals surface area contributed by atoms with Crippen LogP contribution in [0.2, 0.25) is 58.9 Å². The fraction of sp³-hybridized carbons (Fsp3) is 0.900. The summed E-state index contributed by atoms with van der Waals surface area (Å²) in [5.41, 5.74) is 0. The van der Waals surface area contributed by atoms with E-state index in [-0.39, 0.29) is 0 Å². The smallest absolute Gasteiger partial charge is 0.339 e. The molecule has 0 unspecified atom stereocenters. The zero-order valence-electron chi connectivity index (χ0n) is 12.2. The van der Waals surface area contributed by atoms with E-state index >= 15 is 0 Å². The maximum Gasteiger partial charge on any atom is 0.339 e. The van der Waals surface area contributed by atoms with Crippen molar-refractivity contribution in [3.8, 4) is 0 Å². The summed E-state index contributed by atoms with van der Waals surface area (Å²) in [5, 5.41) is 0. The number of hydrogen-bond donors (Lipinski definition) is 0. The molecule has 0 amide bonds. The van der Waals surface area contributed by atoms with Crippen LogP contribution in [0.3, 0.4) is 0 Å². The van der Waals surface area contributed by atoms with Gasteiger partial charge in [-0.2, -0.15) is 0 Å². The molecule has 0 aliphatic heterocycles. The molecular formula is C10H27O3Si3. The Morgan fingerprint density at radius 2 is 0.688 bits per heavy atom. The van der Waals surface area contributed by atoms with Crippen molar-refractivity contribution in [2.45, 2.75) is 58.9 Å². The fourth-order valence-electron chi connectivity index (χ4n) is 0.812. The largest absolute Gasteiger partial charge is 0.365 e. The van der Waals surface area contributed by atoms with Gasteiger partial charge in [0.05, 0.1) is 0 Å². The van der Waals surface area contributed by atoms with Crippen LogP contribution >= 0.6 is 0 Å². The van der Waals surface area contributed by atoms with Gasteiger partial charge in [0.15, 0.2) is 25.0 Å². The molecular weight excluding hydrogens is 252 g/mol. The van der Waals surface area contributed by atoms with Crippen LogP contribution in [0.15, 0.2) is 0 Å². The van der Waals surface area contributed by atoms with Crippen molar-refractivity contribution < 1.29 is 13.3 Å². The summed E-state index contributed by atoms with van der Waals surface area (Å²) in [6.45, 7) is 19.6. The van der Waals surface area contributed by atoms with Crippen LogP contribution in [0, 0.1) is 6.48 Å². The minimum Gasteiger partial charge on any atom is -0.365 e. The Hall–Kier alpha value is 0.531. The maximum atomic E-state index is 5.87. The Kier molecular flexibility index (Phi) is 5.63. The third-order valence-electron chi connectivity index (χ3n) is 1.17. The standard InChI is InChI=1S/C10H27O3Si3/c1-14(2,3)11-10(12-15(4,5)6)13-16(7,8)9/h1-9H3. The van der Waals surface area contributed by atoms with Gasteiger partial charge in [0.2, 0.25) is 0 Å². The highest BCUT2D eigenvalue weighted by Crippen LogP contribution is 2.24. The molecule has 0 saturated heterocycles. The highest BCUT2D eigenvalue weighted by molar-refractivity contribution is 6.72. The molecule has 0 heterocycles. The predicted molar refractivity (Wildman–Crippen MR) is 76.5 cm³/mol. The lowest BCUT2D eigenvalue weighted by Crippen LogP contribution is -2.41. The molecule has 0 bridgehead atoms. The summed E-state index contributed by atoms with van der Waals surface area (Å²) < 4.78 is 17.6. The molecule has 0 spiro atoms. The van der Waals surface area contributed by atoms with Crippen LogP contribution in [-0.4, -0.2) is 25.0 Å². The van der Waals surface area contributed by atoms with E-state index in [1.54, 1.807) is 0 Å². The summed E-state index contributed by atoms with van der Waals surface area (Å²) >= 11 is 0. The molecule has 0 aromatic rings. The van der Waals surface area contributed by atoms with Gasteiger partial charge in [0.1, 0.15) is 0 Å². The lowest BCUT2D eigenvalue weighted by atomic mass is 11.4. The lowest BCUT2D eigenvalue weighted by Gasteiger charge is -2.32. The van der Waals surface area contributed by atoms with Crippen LogP contribution in [0.25, 0.3) is 0 Å². The molecule has 97 valence electrons. The second-order valence-corrected chi connectivity index (χ2v) is 20.2. The average Bonchev–Trinajstić information content (AvgIpc) is 1.70. The molecule has 3 nitrogen and oxygen atoms in total.